The van der Waals surface area contributed by atoms with E-state index >= 15 is 0 Å². The van der Waals surface area contributed by atoms with Crippen LogP contribution in [0.3, 0.4) is 0 Å². The highest BCUT2D eigenvalue weighted by atomic mass is 19.1. The Morgan fingerprint density at radius 1 is 1.41 bits per heavy atom. The Balaban J connectivity index is 2.84. The van der Waals surface area contributed by atoms with Gasteiger partial charge in [0.25, 0.3) is 0 Å². The first-order valence-electron chi connectivity index (χ1n) is 4.76. The van der Waals surface area contributed by atoms with Gasteiger partial charge in [0, 0.05) is 5.56 Å². The molecule has 0 saturated carbocycles. The lowest BCUT2D eigenvalue weighted by molar-refractivity contribution is -0.136. The molecule has 1 amide bonds. The predicted molar refractivity (Wildman–Crippen MR) is 58.4 cm³/mol. The van der Waals surface area contributed by atoms with Gasteiger partial charge in [-0.25, -0.2) is 4.39 Å². The number of benzene rings is 1. The minimum absolute atomic E-state index is 0.0953. The number of aliphatic carboxylic acids is 1. The average Bonchev–Trinajstić information content (AvgIpc) is 2.21. The largest absolute Gasteiger partial charge is 0.481 e. The van der Waals surface area contributed by atoms with E-state index in [0.717, 1.165) is 6.07 Å². The highest BCUT2D eigenvalue weighted by molar-refractivity contribution is 5.76. The third-order valence-corrected chi connectivity index (χ3v) is 1.89. The molecular formula is C12H10FNO3. The minimum Gasteiger partial charge on any atom is -0.481 e. The summed E-state index contributed by atoms with van der Waals surface area (Å²) in [7, 11) is 0. The lowest BCUT2D eigenvalue weighted by atomic mass is 10.1. The third-order valence-electron chi connectivity index (χ3n) is 1.89. The topological polar surface area (TPSA) is 80.4 Å². The molecule has 0 unspecified atom stereocenters. The van der Waals surface area contributed by atoms with Crippen molar-refractivity contribution in [3.63, 3.8) is 0 Å². The number of carbonyl (C=O) groups is 2. The quantitative estimate of drug-likeness (QED) is 0.756. The highest BCUT2D eigenvalue weighted by Crippen LogP contribution is 2.10. The number of hydrogen-bond acceptors (Lipinski definition) is 2. The average molecular weight is 235 g/mol. The molecule has 0 aliphatic carbocycles. The number of rotatable bonds is 3. The maximum atomic E-state index is 13.4. The standard InChI is InChI=1S/C12H10FNO3/c13-10-6-8(2-1-3-11(14)15)4-5-9(10)7-12(16)17/h4-6H,3,7H2,(H2,14,15)(H,16,17). The van der Waals surface area contributed by atoms with Crippen molar-refractivity contribution in [3.8, 4) is 11.8 Å². The summed E-state index contributed by atoms with van der Waals surface area (Å²) in [6.45, 7) is 0. The van der Waals surface area contributed by atoms with Crippen molar-refractivity contribution >= 4 is 11.9 Å². The van der Waals surface area contributed by atoms with Crippen LogP contribution in [0.4, 0.5) is 4.39 Å². The predicted octanol–water partition coefficient (Wildman–Crippen LogP) is 0.680. The lowest BCUT2D eigenvalue weighted by Gasteiger charge is -1.99. The van der Waals surface area contributed by atoms with Crippen molar-refractivity contribution in [1.29, 1.82) is 0 Å². The molecule has 88 valence electrons. The summed E-state index contributed by atoms with van der Waals surface area (Å²) < 4.78 is 13.4. The number of carboxylic acid groups (broad SMARTS) is 1. The van der Waals surface area contributed by atoms with Gasteiger partial charge in [0.2, 0.25) is 5.91 Å². The Labute approximate surface area is 97.2 Å². The van der Waals surface area contributed by atoms with Crippen molar-refractivity contribution in [2.24, 2.45) is 5.73 Å². The monoisotopic (exact) mass is 235 g/mol. The van der Waals surface area contributed by atoms with Crippen LogP contribution >= 0.6 is 0 Å². The van der Waals surface area contributed by atoms with Crippen LogP contribution in [-0.4, -0.2) is 17.0 Å². The smallest absolute Gasteiger partial charge is 0.307 e. The van der Waals surface area contributed by atoms with E-state index in [1.54, 1.807) is 0 Å². The fourth-order valence-corrected chi connectivity index (χ4v) is 1.16. The Kier molecular flexibility index (Phi) is 4.23. The molecule has 0 saturated heterocycles. The van der Waals surface area contributed by atoms with Gasteiger partial charge in [0.15, 0.2) is 0 Å². The molecule has 0 bridgehead atoms. The third kappa shape index (κ3) is 4.34. The second-order valence-corrected chi connectivity index (χ2v) is 3.32. The number of carboxylic acids is 1. The van der Waals surface area contributed by atoms with Gasteiger partial charge < -0.3 is 10.8 Å². The van der Waals surface area contributed by atoms with Gasteiger partial charge in [-0.05, 0) is 17.7 Å². The fourth-order valence-electron chi connectivity index (χ4n) is 1.16. The van der Waals surface area contributed by atoms with E-state index in [-0.39, 0.29) is 18.4 Å². The zero-order valence-electron chi connectivity index (χ0n) is 8.87. The number of primary amides is 1. The van der Waals surface area contributed by atoms with Gasteiger partial charge in [-0.15, -0.1) is 0 Å². The Morgan fingerprint density at radius 2 is 2.12 bits per heavy atom. The number of amides is 1. The van der Waals surface area contributed by atoms with Crippen molar-refractivity contribution < 1.29 is 19.1 Å². The molecule has 3 N–H and O–H groups in total. The molecule has 0 aliphatic heterocycles. The van der Waals surface area contributed by atoms with Crippen molar-refractivity contribution in [2.45, 2.75) is 12.8 Å². The normalized spacial score (nSPS) is 9.24. The highest BCUT2D eigenvalue weighted by Gasteiger charge is 2.06. The van der Waals surface area contributed by atoms with Crippen molar-refractivity contribution in [2.75, 3.05) is 0 Å². The van der Waals surface area contributed by atoms with Crippen molar-refractivity contribution in [3.05, 3.63) is 35.1 Å². The van der Waals surface area contributed by atoms with Gasteiger partial charge in [0.05, 0.1) is 12.8 Å². The second-order valence-electron chi connectivity index (χ2n) is 3.32. The summed E-state index contributed by atoms with van der Waals surface area (Å²) in [5.41, 5.74) is 5.35. The van der Waals surface area contributed by atoms with Crippen LogP contribution in [0.2, 0.25) is 0 Å². The van der Waals surface area contributed by atoms with Gasteiger partial charge in [-0.3, -0.25) is 9.59 Å². The molecular weight excluding hydrogens is 225 g/mol. The van der Waals surface area contributed by atoms with Crippen LogP contribution in [0.5, 0.6) is 0 Å². The lowest BCUT2D eigenvalue weighted by Crippen LogP contribution is -2.08. The number of hydrogen-bond donors (Lipinski definition) is 2. The molecule has 0 aromatic heterocycles. The first kappa shape index (κ1) is 12.7. The molecule has 0 atom stereocenters. The molecule has 17 heavy (non-hydrogen) atoms. The van der Waals surface area contributed by atoms with Crippen LogP contribution in [0.25, 0.3) is 0 Å². The van der Waals surface area contributed by atoms with Crippen LogP contribution in [-0.2, 0) is 16.0 Å². The Hall–Kier alpha value is -2.35. The maximum absolute atomic E-state index is 13.4. The van der Waals surface area contributed by atoms with E-state index in [1.165, 1.54) is 12.1 Å². The number of carbonyl (C=O) groups excluding carboxylic acids is 1. The summed E-state index contributed by atoms with van der Waals surface area (Å²) in [5.74, 6) is 2.76. The molecule has 5 heteroatoms. The first-order chi connectivity index (χ1) is 7.99. The molecule has 1 rings (SSSR count). The summed E-state index contributed by atoms with van der Waals surface area (Å²) in [5, 5.41) is 8.52. The zero-order valence-corrected chi connectivity index (χ0v) is 8.87. The molecule has 1 aromatic carbocycles. The molecule has 0 radical (unpaired) electrons. The number of nitrogens with two attached hydrogens (primary N) is 1. The van der Waals surface area contributed by atoms with E-state index in [2.05, 4.69) is 11.8 Å². The Morgan fingerprint density at radius 3 is 2.65 bits per heavy atom. The summed E-state index contributed by atoms with van der Waals surface area (Å²) in [6, 6.07) is 3.99. The summed E-state index contributed by atoms with van der Waals surface area (Å²) in [4.78, 5) is 20.8. The summed E-state index contributed by atoms with van der Waals surface area (Å²) in [6.07, 6.45) is -0.473. The SMILES string of the molecule is NC(=O)CC#Cc1ccc(CC(=O)O)c(F)c1. The van der Waals surface area contributed by atoms with Gasteiger partial charge in [-0.1, -0.05) is 17.9 Å². The van der Waals surface area contributed by atoms with Crippen LogP contribution in [0.1, 0.15) is 17.5 Å². The molecule has 0 heterocycles. The summed E-state index contributed by atoms with van der Waals surface area (Å²) >= 11 is 0. The van der Waals surface area contributed by atoms with E-state index in [4.69, 9.17) is 10.8 Å². The van der Waals surface area contributed by atoms with Crippen LogP contribution in [0.15, 0.2) is 18.2 Å². The molecule has 4 nitrogen and oxygen atoms in total. The first-order valence-corrected chi connectivity index (χ1v) is 4.76. The molecule has 0 fully saturated rings. The van der Waals surface area contributed by atoms with Gasteiger partial charge in [-0.2, -0.15) is 0 Å². The zero-order chi connectivity index (χ0) is 12.8. The van der Waals surface area contributed by atoms with E-state index in [1.807, 2.05) is 0 Å². The number of halogens is 1. The Bertz CT molecular complexity index is 514. The van der Waals surface area contributed by atoms with E-state index in [0.29, 0.717) is 5.56 Å². The van der Waals surface area contributed by atoms with E-state index in [9.17, 15) is 14.0 Å². The van der Waals surface area contributed by atoms with Gasteiger partial charge in [0.1, 0.15) is 5.82 Å². The molecule has 1 aromatic rings. The van der Waals surface area contributed by atoms with Crippen LogP contribution < -0.4 is 5.73 Å². The fraction of sp³-hybridized carbons (Fsp3) is 0.167. The minimum atomic E-state index is -1.10. The molecule has 0 aliphatic rings. The van der Waals surface area contributed by atoms with Crippen LogP contribution in [0, 0.1) is 17.7 Å². The molecule has 0 spiro atoms. The van der Waals surface area contributed by atoms with E-state index < -0.39 is 17.7 Å². The maximum Gasteiger partial charge on any atom is 0.307 e. The van der Waals surface area contributed by atoms with Gasteiger partial charge >= 0.3 is 5.97 Å². The second kappa shape index (κ2) is 5.66. The van der Waals surface area contributed by atoms with Crippen molar-refractivity contribution in [1.82, 2.24) is 0 Å².